The van der Waals surface area contributed by atoms with Crippen molar-refractivity contribution in [2.75, 3.05) is 17.7 Å². The van der Waals surface area contributed by atoms with E-state index in [0.29, 0.717) is 30.9 Å². The van der Waals surface area contributed by atoms with Crippen LogP contribution >= 0.6 is 0 Å². The van der Waals surface area contributed by atoms with Crippen molar-refractivity contribution in [3.05, 3.63) is 46.9 Å². The first-order valence-corrected chi connectivity index (χ1v) is 10.9. The zero-order chi connectivity index (χ0) is 28.0. The number of nitrogens with zero attached hydrogens (tertiary/aromatic N) is 2. The molecule has 15 heteroatoms. The van der Waals surface area contributed by atoms with Gasteiger partial charge in [0.25, 0.3) is 5.91 Å². The van der Waals surface area contributed by atoms with Gasteiger partial charge in [-0.1, -0.05) is 0 Å². The summed E-state index contributed by atoms with van der Waals surface area (Å²) < 4.78 is 83.8. The standard InChI is InChI=1S/C20H23F4N5O.C2HF3O2/c1-11-10-26-19(29-17(11)25-2)28-16-5-3-15(4-6-16)27-18(30)12-7-13(20(22,23)24)9-14(21)8-12;3-2(4,5)1(6)7/h7-10,15-16H,3-6H2,1-2H3,(H,27,30)(H2,25,26,28,29);(H,6,7). The minimum atomic E-state index is -5.08. The Bertz CT molecular complexity index is 1100. The lowest BCUT2D eigenvalue weighted by molar-refractivity contribution is -0.192. The summed E-state index contributed by atoms with van der Waals surface area (Å²) in [7, 11) is 1.78. The quantitative estimate of drug-likeness (QED) is 0.405. The molecule has 8 nitrogen and oxygen atoms in total. The second-order valence-electron chi connectivity index (χ2n) is 8.17. The minimum absolute atomic E-state index is 0.122. The van der Waals surface area contributed by atoms with Crippen molar-refractivity contribution in [2.24, 2.45) is 0 Å². The van der Waals surface area contributed by atoms with E-state index in [1.165, 1.54) is 0 Å². The maximum absolute atomic E-state index is 13.5. The topological polar surface area (TPSA) is 116 Å². The molecule has 204 valence electrons. The van der Waals surface area contributed by atoms with E-state index in [2.05, 4.69) is 25.9 Å². The average molecular weight is 539 g/mol. The number of nitrogens with one attached hydrogen (secondary N) is 3. The van der Waals surface area contributed by atoms with E-state index >= 15 is 0 Å². The SMILES string of the molecule is CNc1nc(NC2CCC(NC(=O)c3cc(F)cc(C(F)(F)F)c3)CC2)ncc1C.O=C(O)C(F)(F)F. The highest BCUT2D eigenvalue weighted by Gasteiger charge is 2.38. The third-order valence-electron chi connectivity index (χ3n) is 5.33. The maximum Gasteiger partial charge on any atom is 0.490 e. The molecule has 0 spiro atoms. The number of rotatable bonds is 5. The molecule has 1 heterocycles. The van der Waals surface area contributed by atoms with E-state index in [0.717, 1.165) is 30.3 Å². The van der Waals surface area contributed by atoms with Crippen molar-refractivity contribution in [3.63, 3.8) is 0 Å². The van der Waals surface area contributed by atoms with Crippen LogP contribution in [0.15, 0.2) is 24.4 Å². The molecule has 0 unspecified atom stereocenters. The predicted octanol–water partition coefficient (Wildman–Crippen LogP) is 4.77. The summed E-state index contributed by atoms with van der Waals surface area (Å²) in [5, 5.41) is 16.1. The summed E-state index contributed by atoms with van der Waals surface area (Å²) >= 11 is 0. The van der Waals surface area contributed by atoms with Crippen LogP contribution in [0.2, 0.25) is 0 Å². The Kier molecular flexibility index (Phi) is 9.64. The van der Waals surface area contributed by atoms with Gasteiger partial charge in [0, 0.05) is 36.5 Å². The molecule has 1 aliphatic rings. The van der Waals surface area contributed by atoms with Crippen LogP contribution < -0.4 is 16.0 Å². The molecule has 1 fully saturated rings. The van der Waals surface area contributed by atoms with Crippen molar-refractivity contribution in [3.8, 4) is 0 Å². The van der Waals surface area contributed by atoms with Gasteiger partial charge in [-0.3, -0.25) is 4.79 Å². The van der Waals surface area contributed by atoms with Gasteiger partial charge in [0.2, 0.25) is 5.95 Å². The molecule has 1 saturated carbocycles. The molecule has 37 heavy (non-hydrogen) atoms. The molecule has 2 aromatic rings. The zero-order valence-corrected chi connectivity index (χ0v) is 19.6. The highest BCUT2D eigenvalue weighted by atomic mass is 19.4. The smallest absolute Gasteiger partial charge is 0.475 e. The first-order chi connectivity index (χ1) is 17.1. The van der Waals surface area contributed by atoms with Crippen LogP contribution in [0.5, 0.6) is 0 Å². The summed E-state index contributed by atoms with van der Waals surface area (Å²) in [6.07, 6.45) is -5.35. The number of carbonyl (C=O) groups excluding carboxylic acids is 1. The number of carboxylic acid groups (broad SMARTS) is 1. The second-order valence-corrected chi connectivity index (χ2v) is 8.17. The Morgan fingerprint density at radius 3 is 2.08 bits per heavy atom. The van der Waals surface area contributed by atoms with Crippen molar-refractivity contribution in [2.45, 2.75) is 57.0 Å². The van der Waals surface area contributed by atoms with Crippen LogP contribution in [0.25, 0.3) is 0 Å². The lowest BCUT2D eigenvalue weighted by Crippen LogP contribution is -2.40. The number of aryl methyl sites for hydroxylation is 1. The lowest BCUT2D eigenvalue weighted by atomic mass is 9.91. The predicted molar refractivity (Wildman–Crippen MR) is 119 cm³/mol. The fourth-order valence-electron chi connectivity index (χ4n) is 3.48. The summed E-state index contributed by atoms with van der Waals surface area (Å²) in [5.41, 5.74) is -0.588. The largest absolute Gasteiger partial charge is 0.490 e. The van der Waals surface area contributed by atoms with Crippen LogP contribution in [-0.2, 0) is 11.0 Å². The second kappa shape index (κ2) is 12.1. The summed E-state index contributed by atoms with van der Waals surface area (Å²) in [5.74, 6) is -3.31. The third-order valence-corrected chi connectivity index (χ3v) is 5.33. The van der Waals surface area contributed by atoms with E-state index in [1.54, 1.807) is 13.2 Å². The number of hydrogen-bond acceptors (Lipinski definition) is 6. The number of carbonyl (C=O) groups is 2. The van der Waals surface area contributed by atoms with E-state index in [9.17, 15) is 35.5 Å². The Balaban J connectivity index is 0.000000604. The van der Waals surface area contributed by atoms with E-state index in [1.807, 2.05) is 6.92 Å². The molecule has 0 saturated heterocycles. The molecular formula is C22H24F7N5O3. The number of halogens is 7. The Hall–Kier alpha value is -3.65. The molecule has 0 radical (unpaired) electrons. The Morgan fingerprint density at radius 1 is 1.00 bits per heavy atom. The van der Waals surface area contributed by atoms with Crippen molar-refractivity contribution < 1.29 is 45.4 Å². The van der Waals surface area contributed by atoms with Crippen LogP contribution in [0.4, 0.5) is 42.5 Å². The first-order valence-electron chi connectivity index (χ1n) is 10.9. The molecule has 3 rings (SSSR count). The minimum Gasteiger partial charge on any atom is -0.475 e. The van der Waals surface area contributed by atoms with Gasteiger partial charge in [-0.25, -0.2) is 14.2 Å². The number of hydrogen-bond donors (Lipinski definition) is 4. The van der Waals surface area contributed by atoms with Crippen molar-refractivity contribution in [1.82, 2.24) is 15.3 Å². The summed E-state index contributed by atoms with van der Waals surface area (Å²) in [6.45, 7) is 1.90. The van der Waals surface area contributed by atoms with Gasteiger partial charge in [0.05, 0.1) is 5.56 Å². The summed E-state index contributed by atoms with van der Waals surface area (Å²) in [6, 6.07) is 1.78. The molecule has 1 aromatic carbocycles. The van der Waals surface area contributed by atoms with Gasteiger partial charge in [-0.05, 0) is 50.8 Å². The fourth-order valence-corrected chi connectivity index (χ4v) is 3.48. The highest BCUT2D eigenvalue weighted by Crippen LogP contribution is 2.30. The van der Waals surface area contributed by atoms with E-state index < -0.39 is 35.6 Å². The number of benzene rings is 1. The van der Waals surface area contributed by atoms with Crippen molar-refractivity contribution >= 4 is 23.6 Å². The maximum atomic E-state index is 13.5. The van der Waals surface area contributed by atoms with Crippen LogP contribution in [0, 0.1) is 12.7 Å². The molecule has 0 atom stereocenters. The monoisotopic (exact) mass is 539 g/mol. The van der Waals surface area contributed by atoms with Gasteiger partial charge in [-0.15, -0.1) is 0 Å². The zero-order valence-electron chi connectivity index (χ0n) is 19.6. The van der Waals surface area contributed by atoms with E-state index in [4.69, 9.17) is 9.90 Å². The van der Waals surface area contributed by atoms with Crippen LogP contribution in [-0.4, -0.2) is 52.3 Å². The molecule has 0 aliphatic heterocycles. The average Bonchev–Trinajstić information content (AvgIpc) is 2.80. The Morgan fingerprint density at radius 2 is 1.57 bits per heavy atom. The van der Waals surface area contributed by atoms with E-state index in [-0.39, 0.29) is 17.6 Å². The molecule has 1 aromatic heterocycles. The molecule has 4 N–H and O–H groups in total. The number of anilines is 2. The van der Waals surface area contributed by atoms with Gasteiger partial charge in [-0.2, -0.15) is 31.3 Å². The van der Waals surface area contributed by atoms with Crippen LogP contribution in [0.1, 0.15) is 47.2 Å². The highest BCUT2D eigenvalue weighted by molar-refractivity contribution is 5.94. The number of amides is 1. The number of alkyl halides is 6. The number of aliphatic carboxylic acids is 1. The number of carboxylic acids is 1. The van der Waals surface area contributed by atoms with Gasteiger partial charge >= 0.3 is 18.3 Å². The van der Waals surface area contributed by atoms with Gasteiger partial charge in [0.15, 0.2) is 0 Å². The number of aromatic nitrogens is 2. The molecular weight excluding hydrogens is 515 g/mol. The molecule has 1 amide bonds. The van der Waals surface area contributed by atoms with Gasteiger partial charge in [0.1, 0.15) is 11.6 Å². The molecule has 0 bridgehead atoms. The fraction of sp³-hybridized carbons (Fsp3) is 0.455. The lowest BCUT2D eigenvalue weighted by Gasteiger charge is -2.29. The van der Waals surface area contributed by atoms with Crippen molar-refractivity contribution in [1.29, 1.82) is 0 Å². The Labute approximate surface area is 206 Å². The third kappa shape index (κ3) is 9.06. The van der Waals surface area contributed by atoms with Crippen LogP contribution in [0.3, 0.4) is 0 Å². The summed E-state index contributed by atoms with van der Waals surface area (Å²) in [4.78, 5) is 29.9. The molecule has 1 aliphatic carbocycles. The normalized spacial score (nSPS) is 17.8. The first kappa shape index (κ1) is 29.6. The van der Waals surface area contributed by atoms with Gasteiger partial charge < -0.3 is 21.1 Å².